The molecule has 0 bridgehead atoms. The Balaban J connectivity index is 1.82. The number of nitrogens with zero attached hydrogens (tertiary/aromatic N) is 2. The summed E-state index contributed by atoms with van der Waals surface area (Å²) in [7, 11) is 2.02. The molecule has 1 saturated carbocycles. The van der Waals surface area contributed by atoms with Crippen molar-refractivity contribution < 1.29 is 14.8 Å². The van der Waals surface area contributed by atoms with Gasteiger partial charge in [-0.1, -0.05) is 25.3 Å². The average Bonchev–Trinajstić information content (AvgIpc) is 2.64. The van der Waals surface area contributed by atoms with Crippen LogP contribution in [0.25, 0.3) is 0 Å². The summed E-state index contributed by atoms with van der Waals surface area (Å²) in [6.45, 7) is 2.88. The van der Waals surface area contributed by atoms with Crippen LogP contribution in [0.4, 0.5) is 0 Å². The van der Waals surface area contributed by atoms with E-state index in [4.69, 9.17) is 5.21 Å². The van der Waals surface area contributed by atoms with Crippen LogP contribution in [0.2, 0.25) is 0 Å². The normalized spacial score (nSPS) is 19.7. The molecule has 1 aliphatic heterocycles. The Morgan fingerprint density at radius 3 is 2.56 bits per heavy atom. The van der Waals surface area contributed by atoms with Crippen LogP contribution < -0.4 is 5.48 Å². The van der Waals surface area contributed by atoms with Gasteiger partial charge in [0, 0.05) is 37.7 Å². The Hall–Kier alpha value is -1.92. The first-order chi connectivity index (χ1) is 12.1. The zero-order chi connectivity index (χ0) is 17.8. The lowest BCUT2D eigenvalue weighted by Gasteiger charge is -2.33. The van der Waals surface area contributed by atoms with Gasteiger partial charge in [0.2, 0.25) is 5.91 Å². The number of likely N-dealkylation sites (N-methyl/N-ethyl adjacent to an activating group) is 1. The van der Waals surface area contributed by atoms with E-state index in [0.717, 1.165) is 56.4 Å². The standard InChI is InChI=1S/C19H27N3O3/c1-21-9-10-22(19(24)14-5-3-2-4-6-14)13-16-8-7-15(18(23)20-25)11-17(16)12-21/h7-8,11,14,25H,2-6,9-10,12-13H2,1H3,(H,20,23). The molecule has 1 aromatic rings. The Labute approximate surface area is 148 Å². The summed E-state index contributed by atoms with van der Waals surface area (Å²) in [6.07, 6.45) is 5.56. The summed E-state index contributed by atoms with van der Waals surface area (Å²) >= 11 is 0. The number of rotatable bonds is 2. The van der Waals surface area contributed by atoms with Gasteiger partial charge in [0.15, 0.2) is 0 Å². The first-order valence-electron chi connectivity index (χ1n) is 9.12. The molecule has 2 amide bonds. The van der Waals surface area contributed by atoms with Crippen LogP contribution in [0.3, 0.4) is 0 Å². The average molecular weight is 345 g/mol. The highest BCUT2D eigenvalue weighted by Crippen LogP contribution is 2.27. The number of benzene rings is 1. The predicted octanol–water partition coefficient (Wildman–Crippen LogP) is 2.16. The fourth-order valence-electron chi connectivity index (χ4n) is 3.87. The maximum Gasteiger partial charge on any atom is 0.274 e. The molecule has 2 aliphatic rings. The molecule has 0 atom stereocenters. The Bertz CT molecular complexity index is 641. The van der Waals surface area contributed by atoms with E-state index in [1.165, 1.54) is 6.42 Å². The second kappa shape index (κ2) is 7.97. The minimum absolute atomic E-state index is 0.168. The number of carbonyl (C=O) groups is 2. The van der Waals surface area contributed by atoms with E-state index in [1.807, 2.05) is 24.1 Å². The molecule has 1 heterocycles. The van der Waals surface area contributed by atoms with Crippen LogP contribution in [0.1, 0.15) is 53.6 Å². The maximum atomic E-state index is 13.0. The van der Waals surface area contributed by atoms with Gasteiger partial charge >= 0.3 is 0 Å². The second-order valence-corrected chi connectivity index (χ2v) is 7.26. The fourth-order valence-corrected chi connectivity index (χ4v) is 3.87. The third-order valence-corrected chi connectivity index (χ3v) is 5.39. The van der Waals surface area contributed by atoms with E-state index >= 15 is 0 Å². The van der Waals surface area contributed by atoms with Gasteiger partial charge in [0.05, 0.1) is 0 Å². The van der Waals surface area contributed by atoms with Crippen molar-refractivity contribution in [2.75, 3.05) is 20.1 Å². The van der Waals surface area contributed by atoms with Crippen LogP contribution in [-0.2, 0) is 17.9 Å². The molecule has 3 rings (SSSR count). The van der Waals surface area contributed by atoms with Crippen molar-refractivity contribution in [3.8, 4) is 0 Å². The number of hydrogen-bond acceptors (Lipinski definition) is 4. The largest absolute Gasteiger partial charge is 0.337 e. The Morgan fingerprint density at radius 1 is 1.08 bits per heavy atom. The summed E-state index contributed by atoms with van der Waals surface area (Å²) in [6, 6.07) is 5.42. The molecule has 0 radical (unpaired) electrons. The molecule has 1 aliphatic carbocycles. The SMILES string of the molecule is CN1CCN(C(=O)C2CCCCC2)Cc2ccc(C(=O)NO)cc2C1. The Morgan fingerprint density at radius 2 is 1.84 bits per heavy atom. The first kappa shape index (κ1) is 17.9. The minimum Gasteiger partial charge on any atom is -0.337 e. The van der Waals surface area contributed by atoms with Gasteiger partial charge in [0.25, 0.3) is 5.91 Å². The lowest BCUT2D eigenvalue weighted by atomic mass is 9.88. The van der Waals surface area contributed by atoms with E-state index in [0.29, 0.717) is 12.1 Å². The van der Waals surface area contributed by atoms with Gasteiger partial charge in [-0.3, -0.25) is 14.8 Å². The van der Waals surface area contributed by atoms with E-state index in [-0.39, 0.29) is 11.8 Å². The van der Waals surface area contributed by atoms with Crippen molar-refractivity contribution in [3.05, 3.63) is 34.9 Å². The summed E-state index contributed by atoms with van der Waals surface area (Å²) in [4.78, 5) is 28.8. The van der Waals surface area contributed by atoms with Crippen molar-refractivity contribution in [2.45, 2.75) is 45.2 Å². The molecule has 0 saturated heterocycles. The summed E-state index contributed by atoms with van der Waals surface area (Å²) < 4.78 is 0. The third kappa shape index (κ3) is 4.19. The number of carbonyl (C=O) groups excluding carboxylic acids is 2. The van der Waals surface area contributed by atoms with Crippen LogP contribution in [0, 0.1) is 5.92 Å². The van der Waals surface area contributed by atoms with E-state index in [9.17, 15) is 9.59 Å². The lowest BCUT2D eigenvalue weighted by Crippen LogP contribution is -2.42. The van der Waals surface area contributed by atoms with Gasteiger partial charge in [-0.2, -0.15) is 0 Å². The molecular weight excluding hydrogens is 318 g/mol. The fraction of sp³-hybridized carbons (Fsp3) is 0.579. The maximum absolute atomic E-state index is 13.0. The number of hydroxylamine groups is 1. The molecule has 25 heavy (non-hydrogen) atoms. The summed E-state index contributed by atoms with van der Waals surface area (Å²) in [5.41, 5.74) is 4.22. The molecule has 6 nitrogen and oxygen atoms in total. The number of hydrogen-bond donors (Lipinski definition) is 2. The van der Waals surface area contributed by atoms with Crippen LogP contribution in [0.5, 0.6) is 0 Å². The molecule has 2 N–H and O–H groups in total. The third-order valence-electron chi connectivity index (χ3n) is 5.39. The molecular formula is C19H27N3O3. The number of amides is 2. The smallest absolute Gasteiger partial charge is 0.274 e. The zero-order valence-corrected chi connectivity index (χ0v) is 14.8. The quantitative estimate of drug-likeness (QED) is 0.636. The molecule has 0 unspecified atom stereocenters. The second-order valence-electron chi connectivity index (χ2n) is 7.26. The van der Waals surface area contributed by atoms with Crippen molar-refractivity contribution >= 4 is 11.8 Å². The summed E-state index contributed by atoms with van der Waals surface area (Å²) in [5.74, 6) is -0.0675. The topological polar surface area (TPSA) is 72.9 Å². The van der Waals surface area contributed by atoms with Crippen molar-refractivity contribution in [1.82, 2.24) is 15.3 Å². The van der Waals surface area contributed by atoms with Gasteiger partial charge in [-0.15, -0.1) is 0 Å². The Kier molecular flexibility index (Phi) is 5.71. The van der Waals surface area contributed by atoms with Gasteiger partial charge < -0.3 is 9.80 Å². The summed E-state index contributed by atoms with van der Waals surface area (Å²) in [5, 5.41) is 8.84. The van der Waals surface area contributed by atoms with Crippen LogP contribution >= 0.6 is 0 Å². The number of fused-ring (bicyclic) bond motifs is 1. The zero-order valence-electron chi connectivity index (χ0n) is 14.8. The van der Waals surface area contributed by atoms with Crippen molar-refractivity contribution in [3.63, 3.8) is 0 Å². The van der Waals surface area contributed by atoms with E-state index in [1.54, 1.807) is 11.5 Å². The monoisotopic (exact) mass is 345 g/mol. The van der Waals surface area contributed by atoms with E-state index in [2.05, 4.69) is 4.90 Å². The highest BCUT2D eigenvalue weighted by atomic mass is 16.5. The molecule has 1 fully saturated rings. The van der Waals surface area contributed by atoms with Gasteiger partial charge in [0.1, 0.15) is 0 Å². The van der Waals surface area contributed by atoms with E-state index < -0.39 is 5.91 Å². The molecule has 0 aromatic heterocycles. The molecule has 0 spiro atoms. The van der Waals surface area contributed by atoms with Crippen LogP contribution in [-0.4, -0.2) is 47.0 Å². The first-order valence-corrected chi connectivity index (χ1v) is 9.12. The molecule has 6 heteroatoms. The van der Waals surface area contributed by atoms with Crippen molar-refractivity contribution in [2.24, 2.45) is 5.92 Å². The highest BCUT2D eigenvalue weighted by molar-refractivity contribution is 5.93. The minimum atomic E-state index is -0.511. The lowest BCUT2D eigenvalue weighted by molar-refractivity contribution is -0.137. The highest BCUT2D eigenvalue weighted by Gasteiger charge is 2.27. The molecule has 136 valence electrons. The van der Waals surface area contributed by atoms with Crippen molar-refractivity contribution in [1.29, 1.82) is 0 Å². The predicted molar refractivity (Wildman–Crippen MR) is 94.0 cm³/mol. The number of nitrogens with one attached hydrogen (secondary N) is 1. The van der Waals surface area contributed by atoms with Gasteiger partial charge in [-0.05, 0) is 43.1 Å². The van der Waals surface area contributed by atoms with Crippen LogP contribution in [0.15, 0.2) is 18.2 Å². The molecule has 1 aromatic carbocycles. The van der Waals surface area contributed by atoms with Gasteiger partial charge in [-0.25, -0.2) is 5.48 Å².